The number of hydrogen-bond donors (Lipinski definition) is 0. The van der Waals surface area contributed by atoms with Crippen LogP contribution in [0.2, 0.25) is 0 Å². The van der Waals surface area contributed by atoms with Crippen LogP contribution in [0.5, 0.6) is 0 Å². The number of allylic oxidation sites excluding steroid dienone is 1. The zero-order valence-corrected chi connectivity index (χ0v) is 24.8. The Bertz CT molecular complexity index is 1050. The van der Waals surface area contributed by atoms with Gasteiger partial charge in [0.05, 0.1) is 6.67 Å². The molecule has 0 aromatic heterocycles. The number of nitrogens with zero attached hydrogens (tertiary/aromatic N) is 1. The van der Waals surface area contributed by atoms with Gasteiger partial charge in [-0.1, -0.05) is 62.6 Å². The van der Waals surface area contributed by atoms with Gasteiger partial charge in [0, 0.05) is 40.7 Å². The third-order valence-corrected chi connectivity index (χ3v) is 8.30. The van der Waals surface area contributed by atoms with Crippen molar-refractivity contribution in [1.82, 2.24) is 4.90 Å². The van der Waals surface area contributed by atoms with E-state index in [1.54, 1.807) is 5.57 Å². The van der Waals surface area contributed by atoms with Crippen molar-refractivity contribution in [1.29, 1.82) is 0 Å². The molecule has 0 amide bonds. The van der Waals surface area contributed by atoms with Gasteiger partial charge in [-0.3, -0.25) is 9.29 Å². The number of alkyl halides is 1. The third-order valence-electron chi connectivity index (χ3n) is 8.30. The molecule has 0 atom stereocenters. The van der Waals surface area contributed by atoms with E-state index >= 15 is 0 Å². The molecule has 5 rings (SSSR count). The largest absolute Gasteiger partial charge is 0.412 e. The molecule has 0 bridgehead atoms. The van der Waals surface area contributed by atoms with E-state index in [4.69, 9.17) is 0 Å². The van der Waals surface area contributed by atoms with Crippen molar-refractivity contribution < 1.29 is 30.9 Å². The second-order valence-corrected chi connectivity index (χ2v) is 11.5. The summed E-state index contributed by atoms with van der Waals surface area (Å²) in [6, 6.07) is 19.2. The Kier molecular flexibility index (Phi) is 10.3. The van der Waals surface area contributed by atoms with Crippen LogP contribution in [-0.4, -0.2) is 36.7 Å². The average Bonchev–Trinajstić information content (AvgIpc) is 3.01. The van der Waals surface area contributed by atoms with Gasteiger partial charge in [0.15, 0.2) is 0 Å². The van der Waals surface area contributed by atoms with Gasteiger partial charge in [0.2, 0.25) is 0 Å². The summed E-state index contributed by atoms with van der Waals surface area (Å²) in [4.78, 5) is 2.32. The van der Waals surface area contributed by atoms with Crippen molar-refractivity contribution >= 4 is 11.6 Å². The van der Waals surface area contributed by atoms with Crippen LogP contribution in [0.15, 0.2) is 53.6 Å². The second kappa shape index (κ2) is 12.8. The first-order valence-electron chi connectivity index (χ1n) is 13.3. The maximum Gasteiger partial charge on any atom is 0.0906 e. The summed E-state index contributed by atoms with van der Waals surface area (Å²) >= 11 is 0. The van der Waals surface area contributed by atoms with Crippen LogP contribution in [0.3, 0.4) is 0 Å². The molecule has 4 heteroatoms. The van der Waals surface area contributed by atoms with Crippen molar-refractivity contribution in [3.8, 4) is 0 Å². The topological polar surface area (TPSA) is 34.7 Å². The molecule has 3 aliphatic rings. The molecule has 2 N–H and O–H groups in total. The van der Waals surface area contributed by atoms with E-state index in [0.29, 0.717) is 17.8 Å². The molecule has 0 radical (unpaired) electrons. The molecule has 1 saturated heterocycles. The number of rotatable bonds is 6. The summed E-state index contributed by atoms with van der Waals surface area (Å²) in [5.41, 5.74) is 10.7. The molecule has 2 nitrogen and oxygen atoms in total. The SMILES string of the molecule is CC1(C)CCC(C2=C(c3ccc(C=C4CN(CCCF)C4)cc3)c3cc[c-]cc3CCC2)CC1.O.[W]. The molecular formula is C32H41FNOW-. The van der Waals surface area contributed by atoms with Gasteiger partial charge in [0.1, 0.15) is 0 Å². The van der Waals surface area contributed by atoms with E-state index in [1.165, 1.54) is 71.9 Å². The summed E-state index contributed by atoms with van der Waals surface area (Å²) in [5, 5.41) is 0. The number of aryl methyl sites for hydroxylation is 1. The summed E-state index contributed by atoms with van der Waals surface area (Å²) in [6.45, 7) is 7.50. The Labute approximate surface area is 231 Å². The molecule has 1 saturated carbocycles. The van der Waals surface area contributed by atoms with Crippen molar-refractivity contribution in [2.45, 2.75) is 65.2 Å². The van der Waals surface area contributed by atoms with E-state index in [0.717, 1.165) is 26.1 Å². The minimum Gasteiger partial charge on any atom is -0.412 e. The fourth-order valence-corrected chi connectivity index (χ4v) is 6.22. The van der Waals surface area contributed by atoms with Gasteiger partial charge in [-0.25, -0.2) is 0 Å². The first-order valence-corrected chi connectivity index (χ1v) is 13.3. The first-order chi connectivity index (χ1) is 16.5. The number of likely N-dealkylation sites (tertiary alicyclic amines) is 1. The van der Waals surface area contributed by atoms with Gasteiger partial charge < -0.3 is 5.48 Å². The summed E-state index contributed by atoms with van der Waals surface area (Å²) in [6.07, 6.45) is 11.9. The van der Waals surface area contributed by atoms with Crippen molar-refractivity contribution in [2.24, 2.45) is 11.3 Å². The molecular weight excluding hydrogens is 617 g/mol. The fourth-order valence-electron chi connectivity index (χ4n) is 6.22. The van der Waals surface area contributed by atoms with E-state index in [-0.39, 0.29) is 33.2 Å². The van der Waals surface area contributed by atoms with Crippen LogP contribution in [-0.2, 0) is 27.5 Å². The Balaban J connectivity index is 0.00000180. The molecule has 2 aliphatic carbocycles. The van der Waals surface area contributed by atoms with Crippen molar-refractivity contribution in [3.63, 3.8) is 0 Å². The van der Waals surface area contributed by atoms with E-state index < -0.39 is 0 Å². The standard InChI is InChI=1S/C32H39FN.H2O.W/c1-32(2)17-15-27(16-18-32)30-10-5-8-26-7-3-4-9-29(26)31(30)28-13-11-24(12-14-28)21-25-22-34(23-25)20-6-19-33;;/h4,7,9,11-14,21,27H,5-6,8,10,15-20,22-23H2,1-2H3;1H2;/q-1;;. The smallest absolute Gasteiger partial charge is 0.0906 e. The molecule has 194 valence electrons. The molecule has 2 aromatic carbocycles. The van der Waals surface area contributed by atoms with Crippen molar-refractivity contribution in [3.05, 3.63) is 81.9 Å². The first kappa shape index (κ1) is 29.0. The van der Waals surface area contributed by atoms with Gasteiger partial charge in [-0.05, 0) is 72.1 Å². The van der Waals surface area contributed by atoms with Gasteiger partial charge in [-0.2, -0.15) is 24.3 Å². The number of hydrogen-bond acceptors (Lipinski definition) is 1. The average molecular weight is 659 g/mol. The minimum absolute atomic E-state index is 0. The second-order valence-electron chi connectivity index (χ2n) is 11.5. The molecule has 36 heavy (non-hydrogen) atoms. The quantitative estimate of drug-likeness (QED) is 0.306. The summed E-state index contributed by atoms with van der Waals surface area (Å²) in [5.74, 6) is 0.713. The minimum atomic E-state index is -0.214. The molecule has 0 spiro atoms. The Morgan fingerprint density at radius 1 is 1.06 bits per heavy atom. The molecule has 2 aromatic rings. The summed E-state index contributed by atoms with van der Waals surface area (Å²) < 4.78 is 12.4. The summed E-state index contributed by atoms with van der Waals surface area (Å²) in [7, 11) is 0. The molecule has 1 aliphatic heterocycles. The normalized spacial score (nSPS) is 19.9. The van der Waals surface area contributed by atoms with Gasteiger partial charge in [0.25, 0.3) is 0 Å². The monoisotopic (exact) mass is 658 g/mol. The van der Waals surface area contributed by atoms with Crippen LogP contribution >= 0.6 is 0 Å². The number of fused-ring (bicyclic) bond motifs is 1. The zero-order valence-electron chi connectivity index (χ0n) is 21.9. The molecule has 0 unspecified atom stereocenters. The Morgan fingerprint density at radius 2 is 1.78 bits per heavy atom. The molecule has 2 fully saturated rings. The maximum atomic E-state index is 12.4. The van der Waals surface area contributed by atoms with Crippen LogP contribution < -0.4 is 0 Å². The predicted molar refractivity (Wildman–Crippen MR) is 145 cm³/mol. The van der Waals surface area contributed by atoms with Crippen LogP contribution in [0.25, 0.3) is 11.6 Å². The fraction of sp³-hybridized carbons (Fsp3) is 0.500. The van der Waals surface area contributed by atoms with E-state index in [2.05, 4.69) is 73.4 Å². The Morgan fingerprint density at radius 3 is 2.47 bits per heavy atom. The van der Waals surface area contributed by atoms with Crippen molar-refractivity contribution in [2.75, 3.05) is 26.3 Å². The third kappa shape index (κ3) is 6.66. The van der Waals surface area contributed by atoms with E-state index in [1.807, 2.05) is 0 Å². The zero-order chi connectivity index (χ0) is 23.5. The Hall–Kier alpha value is -1.54. The van der Waals surface area contributed by atoms with Crippen LogP contribution in [0, 0.1) is 17.4 Å². The molecule has 1 heterocycles. The van der Waals surface area contributed by atoms with Gasteiger partial charge >= 0.3 is 0 Å². The van der Waals surface area contributed by atoms with Gasteiger partial charge in [-0.15, -0.1) is 11.1 Å². The number of halogens is 1. The number of benzene rings is 2. The van der Waals surface area contributed by atoms with Crippen LogP contribution in [0.1, 0.15) is 81.0 Å². The predicted octanol–water partition coefficient (Wildman–Crippen LogP) is 7.07. The van der Waals surface area contributed by atoms with E-state index in [9.17, 15) is 4.39 Å². The maximum absolute atomic E-state index is 12.4. The van der Waals surface area contributed by atoms with Crippen LogP contribution in [0.4, 0.5) is 4.39 Å².